The van der Waals surface area contributed by atoms with Gasteiger partial charge in [-0.3, -0.25) is 0 Å². The predicted octanol–water partition coefficient (Wildman–Crippen LogP) is 4.40. The summed E-state index contributed by atoms with van der Waals surface area (Å²) in [4.78, 5) is 12.1. The predicted molar refractivity (Wildman–Crippen MR) is 111 cm³/mol. The van der Waals surface area contributed by atoms with Crippen LogP contribution < -0.4 is 10.6 Å². The lowest BCUT2D eigenvalue weighted by Crippen LogP contribution is -2.49. The van der Waals surface area contributed by atoms with Crippen LogP contribution in [0, 0.1) is 0 Å². The molecule has 0 amide bonds. The summed E-state index contributed by atoms with van der Waals surface area (Å²) in [5.74, 6) is 0.219. The van der Waals surface area contributed by atoms with Gasteiger partial charge in [0.1, 0.15) is 11.4 Å². The highest BCUT2D eigenvalue weighted by molar-refractivity contribution is 5.84. The Morgan fingerprint density at radius 2 is 1.46 bits per heavy atom. The number of hydrogen-bond acceptors (Lipinski definition) is 4. The molecule has 140 valence electrons. The molecule has 1 heterocycles. The normalized spacial score (nSPS) is 15.8. The zero-order chi connectivity index (χ0) is 19.4. The number of nitrogens with one attached hydrogen (secondary N) is 2. The molecule has 4 heteroatoms. The van der Waals surface area contributed by atoms with Gasteiger partial charge in [0, 0.05) is 11.3 Å². The molecule has 0 saturated carbocycles. The van der Waals surface area contributed by atoms with Crippen LogP contribution in [0.3, 0.4) is 0 Å². The average Bonchev–Trinajstić information content (AvgIpc) is 2.74. The number of carbonyl (C=O) groups excluding carboxylic acids is 1. The summed E-state index contributed by atoms with van der Waals surface area (Å²) in [5.41, 5.74) is 3.58. The highest BCUT2D eigenvalue weighted by Gasteiger charge is 2.41. The van der Waals surface area contributed by atoms with E-state index >= 15 is 0 Å². The van der Waals surface area contributed by atoms with Crippen molar-refractivity contribution in [3.05, 3.63) is 114 Å². The fourth-order valence-electron chi connectivity index (χ4n) is 3.74. The van der Waals surface area contributed by atoms with Crippen LogP contribution in [0.4, 0.5) is 5.69 Å². The van der Waals surface area contributed by atoms with Gasteiger partial charge in [-0.05, 0) is 24.1 Å². The molecule has 0 aromatic heterocycles. The van der Waals surface area contributed by atoms with Crippen molar-refractivity contribution in [3.63, 3.8) is 0 Å². The van der Waals surface area contributed by atoms with Crippen molar-refractivity contribution in [1.29, 1.82) is 0 Å². The van der Waals surface area contributed by atoms with Crippen molar-refractivity contribution in [3.8, 4) is 0 Å². The topological polar surface area (TPSA) is 50.4 Å². The van der Waals surface area contributed by atoms with Gasteiger partial charge in [-0.1, -0.05) is 78.9 Å². The largest absolute Gasteiger partial charge is 0.463 e. The molecule has 4 nitrogen and oxygen atoms in total. The molecule has 3 aromatic rings. The van der Waals surface area contributed by atoms with Gasteiger partial charge in [0.25, 0.3) is 0 Å². The maximum atomic E-state index is 12.1. The molecule has 2 N–H and O–H groups in total. The monoisotopic (exact) mass is 370 g/mol. The molecule has 0 saturated heterocycles. The Morgan fingerprint density at radius 3 is 2.07 bits per heavy atom. The van der Waals surface area contributed by atoms with Crippen LogP contribution in [0.2, 0.25) is 0 Å². The third-order valence-corrected chi connectivity index (χ3v) is 4.88. The van der Waals surface area contributed by atoms with Gasteiger partial charge < -0.3 is 15.4 Å². The van der Waals surface area contributed by atoms with Crippen LogP contribution in [0.5, 0.6) is 0 Å². The summed E-state index contributed by atoms with van der Waals surface area (Å²) in [6, 6.07) is 28.7. The first-order valence-electron chi connectivity index (χ1n) is 9.38. The maximum absolute atomic E-state index is 12.1. The summed E-state index contributed by atoms with van der Waals surface area (Å²) < 4.78 is 5.12. The number of ether oxygens (including phenoxy) is 1. The SMILES string of the molecule is CCOC(=O)/C=C1/Nc2ccccc2C(c2ccccc2)(c2ccccc2)N1. The highest BCUT2D eigenvalue weighted by atomic mass is 16.5. The molecule has 0 spiro atoms. The van der Waals surface area contributed by atoms with Gasteiger partial charge in [0.05, 0.1) is 12.7 Å². The average molecular weight is 370 g/mol. The first-order chi connectivity index (χ1) is 13.7. The molecule has 0 aliphatic carbocycles. The first kappa shape index (κ1) is 17.9. The van der Waals surface area contributed by atoms with E-state index in [1.165, 1.54) is 6.08 Å². The molecular weight excluding hydrogens is 348 g/mol. The minimum atomic E-state index is -0.636. The Bertz CT molecular complexity index is 958. The number of anilines is 1. The van der Waals surface area contributed by atoms with E-state index in [0.29, 0.717) is 12.4 Å². The number of benzene rings is 3. The van der Waals surface area contributed by atoms with Gasteiger partial charge in [-0.15, -0.1) is 0 Å². The van der Waals surface area contributed by atoms with E-state index in [-0.39, 0.29) is 5.97 Å². The molecule has 0 atom stereocenters. The summed E-state index contributed by atoms with van der Waals surface area (Å²) in [6.45, 7) is 2.13. The zero-order valence-electron chi connectivity index (χ0n) is 15.7. The van der Waals surface area contributed by atoms with E-state index in [0.717, 1.165) is 22.4 Å². The van der Waals surface area contributed by atoms with Gasteiger partial charge in [-0.25, -0.2) is 4.79 Å². The molecule has 1 aliphatic heterocycles. The summed E-state index contributed by atoms with van der Waals surface area (Å²) in [5, 5.41) is 6.92. The van der Waals surface area contributed by atoms with Crippen molar-refractivity contribution < 1.29 is 9.53 Å². The molecule has 0 bridgehead atoms. The second-order valence-corrected chi connectivity index (χ2v) is 6.59. The highest BCUT2D eigenvalue weighted by Crippen LogP contribution is 2.43. The number of rotatable bonds is 4. The standard InChI is InChI=1S/C24H22N2O2/c1-2-28-23(27)17-22-25-21-16-10-9-15-20(21)24(26-22,18-11-5-3-6-12-18)19-13-7-4-8-14-19/h3-17,25-26H,2H2,1H3/b22-17-. The minimum Gasteiger partial charge on any atom is -0.463 e. The second kappa shape index (κ2) is 7.61. The first-order valence-corrected chi connectivity index (χ1v) is 9.38. The maximum Gasteiger partial charge on any atom is 0.334 e. The number of hydrogen-bond donors (Lipinski definition) is 2. The summed E-state index contributed by atoms with van der Waals surface area (Å²) in [6.07, 6.45) is 1.47. The molecule has 28 heavy (non-hydrogen) atoms. The van der Waals surface area contributed by atoms with Gasteiger partial charge >= 0.3 is 5.97 Å². The molecule has 0 radical (unpaired) electrons. The van der Waals surface area contributed by atoms with Crippen molar-refractivity contribution in [2.45, 2.75) is 12.5 Å². The van der Waals surface area contributed by atoms with Crippen molar-refractivity contribution in [2.24, 2.45) is 0 Å². The molecule has 1 aliphatic rings. The fraction of sp³-hybridized carbons (Fsp3) is 0.125. The van der Waals surface area contributed by atoms with E-state index in [2.05, 4.69) is 41.0 Å². The number of esters is 1. The van der Waals surface area contributed by atoms with E-state index < -0.39 is 5.54 Å². The third-order valence-electron chi connectivity index (χ3n) is 4.88. The van der Waals surface area contributed by atoms with Crippen LogP contribution in [0.15, 0.2) is 96.8 Å². The van der Waals surface area contributed by atoms with Gasteiger partial charge in [0.15, 0.2) is 0 Å². The van der Waals surface area contributed by atoms with Crippen LogP contribution in [-0.2, 0) is 15.1 Å². The minimum absolute atomic E-state index is 0.335. The molecule has 4 rings (SSSR count). The fourth-order valence-corrected chi connectivity index (χ4v) is 3.74. The van der Waals surface area contributed by atoms with Crippen molar-refractivity contribution in [2.75, 3.05) is 11.9 Å². The van der Waals surface area contributed by atoms with Crippen LogP contribution >= 0.6 is 0 Å². The Balaban J connectivity index is 1.97. The zero-order valence-corrected chi connectivity index (χ0v) is 15.7. The lowest BCUT2D eigenvalue weighted by Gasteiger charge is -2.43. The molecular formula is C24H22N2O2. The molecule has 3 aromatic carbocycles. The van der Waals surface area contributed by atoms with E-state index in [9.17, 15) is 4.79 Å². The summed E-state index contributed by atoms with van der Waals surface area (Å²) in [7, 11) is 0. The lowest BCUT2D eigenvalue weighted by molar-refractivity contribution is -0.137. The summed E-state index contributed by atoms with van der Waals surface area (Å²) >= 11 is 0. The van der Waals surface area contributed by atoms with Crippen LogP contribution in [0.1, 0.15) is 23.6 Å². The van der Waals surface area contributed by atoms with Crippen molar-refractivity contribution in [1.82, 2.24) is 5.32 Å². The van der Waals surface area contributed by atoms with E-state index in [4.69, 9.17) is 4.74 Å². The Hall–Kier alpha value is -3.53. The van der Waals surface area contributed by atoms with Crippen molar-refractivity contribution >= 4 is 11.7 Å². The molecule has 0 fully saturated rings. The van der Waals surface area contributed by atoms with Gasteiger partial charge in [-0.2, -0.15) is 0 Å². The Kier molecular flexibility index (Phi) is 4.85. The number of carbonyl (C=O) groups is 1. The smallest absolute Gasteiger partial charge is 0.334 e. The second-order valence-electron chi connectivity index (χ2n) is 6.59. The van der Waals surface area contributed by atoms with E-state index in [1.54, 1.807) is 6.92 Å². The third kappa shape index (κ3) is 3.14. The number of para-hydroxylation sites is 1. The Labute approximate surface area is 164 Å². The number of fused-ring (bicyclic) bond motifs is 1. The van der Waals surface area contributed by atoms with Gasteiger partial charge in [0.2, 0.25) is 0 Å². The van der Waals surface area contributed by atoms with Crippen LogP contribution in [0.25, 0.3) is 0 Å². The van der Waals surface area contributed by atoms with E-state index in [1.807, 2.05) is 54.6 Å². The molecule has 0 unspecified atom stereocenters. The lowest BCUT2D eigenvalue weighted by atomic mass is 9.75. The van der Waals surface area contributed by atoms with Crippen LogP contribution in [-0.4, -0.2) is 12.6 Å². The Morgan fingerprint density at radius 1 is 0.893 bits per heavy atom. The quantitative estimate of drug-likeness (QED) is 0.528.